The Hall–Kier alpha value is -1.33. The van der Waals surface area contributed by atoms with E-state index in [9.17, 15) is 4.79 Å². The third-order valence-electron chi connectivity index (χ3n) is 4.03. The van der Waals surface area contributed by atoms with E-state index in [1.807, 2.05) is 12.4 Å². The van der Waals surface area contributed by atoms with E-state index in [1.54, 1.807) is 16.2 Å². The first-order chi connectivity index (χ1) is 10.6. The monoisotopic (exact) mass is 378 g/mol. The molecule has 1 heterocycles. The highest BCUT2D eigenvalue weighted by molar-refractivity contribution is 9.10. The van der Waals surface area contributed by atoms with Gasteiger partial charge in [0.15, 0.2) is 0 Å². The predicted molar refractivity (Wildman–Crippen MR) is 94.1 cm³/mol. The zero-order chi connectivity index (χ0) is 15.5. The van der Waals surface area contributed by atoms with E-state index in [0.717, 1.165) is 23.7 Å². The van der Waals surface area contributed by atoms with Gasteiger partial charge in [0.2, 0.25) is 0 Å². The summed E-state index contributed by atoms with van der Waals surface area (Å²) in [4.78, 5) is 15.4. The number of hydrogen-bond acceptors (Lipinski definition) is 2. The minimum atomic E-state index is -0.00812. The van der Waals surface area contributed by atoms with Crippen molar-refractivity contribution in [2.24, 2.45) is 0 Å². The van der Waals surface area contributed by atoms with Crippen LogP contribution in [0.15, 0.2) is 40.2 Å². The Morgan fingerprint density at radius 2 is 2.27 bits per heavy atom. The maximum atomic E-state index is 12.4. The number of halogens is 1. The molecule has 0 aliphatic heterocycles. The summed E-state index contributed by atoms with van der Waals surface area (Å²) in [6.07, 6.45) is 3.26. The summed E-state index contributed by atoms with van der Waals surface area (Å²) >= 11 is 5.11. The molecule has 1 N–H and O–H groups in total. The lowest BCUT2D eigenvalue weighted by atomic mass is 9.88. The van der Waals surface area contributed by atoms with Crippen molar-refractivity contribution in [3.8, 4) is 0 Å². The first-order valence-electron chi connectivity index (χ1n) is 7.46. The van der Waals surface area contributed by atoms with E-state index in [-0.39, 0.29) is 12.1 Å². The molecule has 0 radical (unpaired) electrons. The average Bonchev–Trinajstić information content (AvgIpc) is 2.92. The first kappa shape index (κ1) is 15.6. The molecule has 1 aromatic heterocycles. The highest BCUT2D eigenvalue weighted by Crippen LogP contribution is 2.29. The van der Waals surface area contributed by atoms with Crippen molar-refractivity contribution in [3.05, 3.63) is 56.2 Å². The number of aryl methyl sites for hydroxylation is 1. The second-order valence-electron chi connectivity index (χ2n) is 5.68. The summed E-state index contributed by atoms with van der Waals surface area (Å²) in [6, 6.07) is 10.6. The van der Waals surface area contributed by atoms with Gasteiger partial charge in [0.25, 0.3) is 0 Å². The Labute approximate surface area is 143 Å². The average molecular weight is 379 g/mol. The molecule has 22 heavy (non-hydrogen) atoms. The molecule has 1 aliphatic carbocycles. The van der Waals surface area contributed by atoms with E-state index in [1.165, 1.54) is 16.0 Å². The molecule has 1 unspecified atom stereocenters. The van der Waals surface area contributed by atoms with Gasteiger partial charge >= 0.3 is 6.03 Å². The molecular formula is C17H19BrN2OS. The number of rotatable bonds is 3. The summed E-state index contributed by atoms with van der Waals surface area (Å²) in [7, 11) is 1.84. The van der Waals surface area contributed by atoms with Crippen LogP contribution < -0.4 is 5.32 Å². The van der Waals surface area contributed by atoms with Gasteiger partial charge in [-0.15, -0.1) is 11.3 Å². The quantitative estimate of drug-likeness (QED) is 0.822. The molecule has 0 fully saturated rings. The topological polar surface area (TPSA) is 32.3 Å². The van der Waals surface area contributed by atoms with Gasteiger partial charge in [-0.3, -0.25) is 0 Å². The van der Waals surface area contributed by atoms with E-state index >= 15 is 0 Å². The molecule has 1 atom stereocenters. The van der Waals surface area contributed by atoms with Crippen LogP contribution >= 0.6 is 27.3 Å². The van der Waals surface area contributed by atoms with E-state index in [0.29, 0.717) is 6.54 Å². The number of amides is 2. The Kier molecular flexibility index (Phi) is 4.84. The smallest absolute Gasteiger partial charge is 0.317 e. The zero-order valence-electron chi connectivity index (χ0n) is 12.5. The third-order valence-corrected chi connectivity index (χ3v) is 5.71. The van der Waals surface area contributed by atoms with Crippen molar-refractivity contribution in [3.63, 3.8) is 0 Å². The summed E-state index contributed by atoms with van der Waals surface area (Å²) in [5, 5.41) is 5.22. The zero-order valence-corrected chi connectivity index (χ0v) is 14.9. The molecule has 2 aromatic rings. The number of urea groups is 1. The van der Waals surface area contributed by atoms with Crippen molar-refractivity contribution in [2.75, 3.05) is 7.05 Å². The summed E-state index contributed by atoms with van der Waals surface area (Å²) < 4.78 is 1.07. The van der Waals surface area contributed by atoms with Gasteiger partial charge < -0.3 is 10.2 Å². The summed E-state index contributed by atoms with van der Waals surface area (Å²) in [5.74, 6) is 0. The van der Waals surface area contributed by atoms with E-state index in [4.69, 9.17) is 0 Å². The largest absolute Gasteiger partial charge is 0.331 e. The van der Waals surface area contributed by atoms with Crippen LogP contribution in [0.5, 0.6) is 0 Å². The molecule has 1 aliphatic rings. The number of benzene rings is 1. The molecule has 0 bridgehead atoms. The molecule has 116 valence electrons. The lowest BCUT2D eigenvalue weighted by molar-refractivity contribution is 0.201. The molecule has 0 spiro atoms. The van der Waals surface area contributed by atoms with Gasteiger partial charge in [0.1, 0.15) is 0 Å². The SMILES string of the molecule is CN(Cc1cc(Br)cs1)C(=O)NC1CCCc2ccccc21. The number of thiophene rings is 1. The molecule has 3 rings (SSSR count). The van der Waals surface area contributed by atoms with Gasteiger partial charge in [0.05, 0.1) is 12.6 Å². The number of carbonyl (C=O) groups is 1. The summed E-state index contributed by atoms with van der Waals surface area (Å²) in [6.45, 7) is 0.635. The van der Waals surface area contributed by atoms with Crippen molar-refractivity contribution < 1.29 is 4.79 Å². The Balaban J connectivity index is 1.64. The molecule has 1 aromatic carbocycles. The number of hydrogen-bond donors (Lipinski definition) is 1. The fourth-order valence-corrected chi connectivity index (χ4v) is 4.41. The fourth-order valence-electron chi connectivity index (χ4n) is 2.91. The maximum Gasteiger partial charge on any atom is 0.317 e. The van der Waals surface area contributed by atoms with Gasteiger partial charge in [-0.2, -0.15) is 0 Å². The van der Waals surface area contributed by atoms with Crippen LogP contribution in [0.4, 0.5) is 4.79 Å². The van der Waals surface area contributed by atoms with E-state index in [2.05, 4.69) is 51.6 Å². The minimum absolute atomic E-state index is 0.00812. The van der Waals surface area contributed by atoms with Crippen LogP contribution in [-0.2, 0) is 13.0 Å². The highest BCUT2D eigenvalue weighted by atomic mass is 79.9. The van der Waals surface area contributed by atoms with Crippen molar-refractivity contribution >= 4 is 33.3 Å². The first-order valence-corrected chi connectivity index (χ1v) is 9.13. The van der Waals surface area contributed by atoms with Crippen LogP contribution in [0.1, 0.15) is 34.9 Å². The number of fused-ring (bicyclic) bond motifs is 1. The van der Waals surface area contributed by atoms with Crippen molar-refractivity contribution in [2.45, 2.75) is 31.8 Å². The molecule has 2 amide bonds. The van der Waals surface area contributed by atoms with Crippen LogP contribution in [0.2, 0.25) is 0 Å². The van der Waals surface area contributed by atoms with Crippen LogP contribution in [0.3, 0.4) is 0 Å². The lowest BCUT2D eigenvalue weighted by Gasteiger charge is -2.28. The number of nitrogens with one attached hydrogen (secondary N) is 1. The van der Waals surface area contributed by atoms with Crippen molar-refractivity contribution in [1.82, 2.24) is 10.2 Å². The normalized spacial score (nSPS) is 16.9. The van der Waals surface area contributed by atoms with Gasteiger partial charge in [-0.25, -0.2) is 4.79 Å². The molecule has 0 saturated carbocycles. The number of nitrogens with zero attached hydrogens (tertiary/aromatic N) is 1. The highest BCUT2D eigenvalue weighted by Gasteiger charge is 2.22. The predicted octanol–water partition coefficient (Wildman–Crippen LogP) is 4.73. The van der Waals surface area contributed by atoms with E-state index < -0.39 is 0 Å². The van der Waals surface area contributed by atoms with Crippen molar-refractivity contribution in [1.29, 1.82) is 0 Å². The van der Waals surface area contributed by atoms with Gasteiger partial charge in [-0.05, 0) is 52.4 Å². The summed E-state index contributed by atoms with van der Waals surface area (Å²) in [5.41, 5.74) is 2.64. The van der Waals surface area contributed by atoms with Crippen LogP contribution in [0, 0.1) is 0 Å². The molecule has 5 heteroatoms. The fraction of sp³-hybridized carbons (Fsp3) is 0.353. The second kappa shape index (κ2) is 6.84. The number of carbonyl (C=O) groups excluding carboxylic acids is 1. The lowest BCUT2D eigenvalue weighted by Crippen LogP contribution is -2.39. The van der Waals surface area contributed by atoms with Crippen LogP contribution in [-0.4, -0.2) is 18.0 Å². The molecule has 3 nitrogen and oxygen atoms in total. The second-order valence-corrected chi connectivity index (χ2v) is 7.59. The van der Waals surface area contributed by atoms with Crippen LogP contribution in [0.25, 0.3) is 0 Å². The third kappa shape index (κ3) is 3.52. The maximum absolute atomic E-state index is 12.4. The van der Waals surface area contributed by atoms with Gasteiger partial charge in [0, 0.05) is 21.8 Å². The Morgan fingerprint density at radius 1 is 1.45 bits per heavy atom. The Bertz CT molecular complexity index is 670. The molecular weight excluding hydrogens is 360 g/mol. The molecule has 0 saturated heterocycles. The standard InChI is InChI=1S/C17H19BrN2OS/c1-20(10-14-9-13(18)11-22-14)17(21)19-16-8-4-6-12-5-2-3-7-15(12)16/h2-3,5,7,9,11,16H,4,6,8,10H2,1H3,(H,19,21). The minimum Gasteiger partial charge on any atom is -0.331 e. The Morgan fingerprint density at radius 3 is 3.05 bits per heavy atom. The van der Waals surface area contributed by atoms with Gasteiger partial charge in [-0.1, -0.05) is 24.3 Å².